The van der Waals surface area contributed by atoms with E-state index in [1.165, 1.54) is 20.3 Å². The summed E-state index contributed by atoms with van der Waals surface area (Å²) in [6.45, 7) is 0.508. The molecule has 0 amide bonds. The Bertz CT molecular complexity index is 511. The maximum absolute atomic E-state index is 10.8. The molecular formula is C10H14NO5PS. The molecule has 0 aromatic heterocycles. The minimum absolute atomic E-state index is 0.0444. The van der Waals surface area contributed by atoms with E-state index in [-0.39, 0.29) is 5.69 Å². The van der Waals surface area contributed by atoms with Crippen LogP contribution in [0.4, 0.5) is 5.69 Å². The Morgan fingerprint density at radius 2 is 1.78 bits per heavy atom. The van der Waals surface area contributed by atoms with Crippen molar-refractivity contribution in [3.05, 3.63) is 33.4 Å². The molecule has 8 heteroatoms. The number of rotatable bonds is 5. The molecule has 1 aromatic rings. The van der Waals surface area contributed by atoms with E-state index in [4.69, 9.17) is 25.4 Å². The van der Waals surface area contributed by atoms with Gasteiger partial charge in [-0.25, -0.2) is 0 Å². The van der Waals surface area contributed by atoms with Crippen LogP contribution in [0, 0.1) is 24.0 Å². The molecule has 0 saturated carbocycles. The van der Waals surface area contributed by atoms with Crippen molar-refractivity contribution in [1.29, 1.82) is 0 Å². The van der Waals surface area contributed by atoms with Crippen molar-refractivity contribution in [3.8, 4) is 5.75 Å². The van der Waals surface area contributed by atoms with Crippen LogP contribution in [0.15, 0.2) is 12.1 Å². The van der Waals surface area contributed by atoms with Gasteiger partial charge in [0.15, 0.2) is 0 Å². The number of nitro benzene ring substituents is 1. The lowest BCUT2D eigenvalue weighted by atomic mass is 10.1. The first-order valence-corrected chi connectivity index (χ1v) is 7.55. The summed E-state index contributed by atoms with van der Waals surface area (Å²) in [5.41, 5.74) is 1.15. The second-order valence-electron chi connectivity index (χ2n) is 3.56. The molecule has 0 atom stereocenters. The normalized spacial score (nSPS) is 11.3. The molecule has 0 heterocycles. The van der Waals surface area contributed by atoms with Gasteiger partial charge in [0.05, 0.1) is 4.92 Å². The van der Waals surface area contributed by atoms with Crippen LogP contribution in [0.1, 0.15) is 11.1 Å². The highest BCUT2D eigenvalue weighted by molar-refractivity contribution is 8.07. The van der Waals surface area contributed by atoms with E-state index in [0.29, 0.717) is 16.9 Å². The summed E-state index contributed by atoms with van der Waals surface area (Å²) in [6.07, 6.45) is 0. The monoisotopic (exact) mass is 291 g/mol. The summed E-state index contributed by atoms with van der Waals surface area (Å²) in [6, 6.07) is 3.00. The van der Waals surface area contributed by atoms with Gasteiger partial charge in [-0.05, 0) is 25.5 Å². The molecular weight excluding hydrogens is 277 g/mol. The SMILES string of the molecule is COP(=S)(OC)Oc1cc(C)c([N+](=O)[O-])cc1C. The minimum atomic E-state index is -2.83. The molecule has 0 saturated heterocycles. The van der Waals surface area contributed by atoms with Gasteiger partial charge in [0.2, 0.25) is 0 Å². The third kappa shape index (κ3) is 3.26. The van der Waals surface area contributed by atoms with Crippen LogP contribution in [0.3, 0.4) is 0 Å². The number of nitrogens with zero attached hydrogens (tertiary/aromatic N) is 1. The van der Waals surface area contributed by atoms with Gasteiger partial charge >= 0.3 is 6.72 Å². The van der Waals surface area contributed by atoms with Crippen molar-refractivity contribution in [2.75, 3.05) is 14.2 Å². The van der Waals surface area contributed by atoms with Crippen molar-refractivity contribution < 1.29 is 18.5 Å². The van der Waals surface area contributed by atoms with E-state index in [1.807, 2.05) is 0 Å². The fourth-order valence-corrected chi connectivity index (χ4v) is 2.32. The van der Waals surface area contributed by atoms with Gasteiger partial charge in [-0.3, -0.25) is 10.1 Å². The molecule has 6 nitrogen and oxygen atoms in total. The Kier molecular flexibility index (Phi) is 4.81. The molecule has 0 aliphatic rings. The number of hydrogen-bond donors (Lipinski definition) is 0. The molecule has 0 fully saturated rings. The van der Waals surface area contributed by atoms with Crippen LogP contribution in [0.2, 0.25) is 0 Å². The van der Waals surface area contributed by atoms with Gasteiger partial charge in [0.1, 0.15) is 5.75 Å². The summed E-state index contributed by atoms with van der Waals surface area (Å²) in [5, 5.41) is 10.8. The zero-order valence-corrected chi connectivity index (χ0v) is 12.2. The van der Waals surface area contributed by atoms with Crippen LogP contribution in [-0.2, 0) is 20.9 Å². The molecule has 18 heavy (non-hydrogen) atoms. The van der Waals surface area contributed by atoms with Crippen molar-refractivity contribution in [2.45, 2.75) is 13.8 Å². The third-order valence-corrected chi connectivity index (χ3v) is 4.78. The summed E-state index contributed by atoms with van der Waals surface area (Å²) >= 11 is 5.08. The lowest BCUT2D eigenvalue weighted by Gasteiger charge is -2.19. The number of aryl methyl sites for hydroxylation is 2. The van der Waals surface area contributed by atoms with Crippen LogP contribution in [0.25, 0.3) is 0 Å². The van der Waals surface area contributed by atoms with E-state index >= 15 is 0 Å². The van der Waals surface area contributed by atoms with E-state index in [1.54, 1.807) is 19.9 Å². The standard InChI is InChI=1S/C10H14NO5PS/c1-7-6-10(16-17(18,14-3)15-4)8(2)5-9(7)11(12)13/h5-6H,1-4H3. The lowest BCUT2D eigenvalue weighted by molar-refractivity contribution is -0.385. The second-order valence-corrected chi connectivity index (χ2v) is 6.71. The van der Waals surface area contributed by atoms with Crippen LogP contribution in [0.5, 0.6) is 5.75 Å². The second kappa shape index (κ2) is 5.75. The predicted octanol–water partition coefficient (Wildman–Crippen LogP) is 3.11. The largest absolute Gasteiger partial charge is 0.424 e. The Morgan fingerprint density at radius 1 is 1.22 bits per heavy atom. The van der Waals surface area contributed by atoms with E-state index in [2.05, 4.69) is 0 Å². The number of hydrogen-bond acceptors (Lipinski definition) is 6. The maximum atomic E-state index is 10.8. The highest BCUT2D eigenvalue weighted by Gasteiger charge is 2.22. The van der Waals surface area contributed by atoms with Crippen LogP contribution in [-0.4, -0.2) is 19.1 Å². The Hall–Kier alpha value is -1.01. The van der Waals surface area contributed by atoms with Crippen LogP contribution < -0.4 is 4.52 Å². The van der Waals surface area contributed by atoms with Crippen molar-refractivity contribution >= 4 is 24.2 Å². The average Bonchev–Trinajstić information content (AvgIpc) is 2.32. The third-order valence-electron chi connectivity index (χ3n) is 2.35. The topological polar surface area (TPSA) is 70.8 Å². The molecule has 100 valence electrons. The molecule has 0 aliphatic carbocycles. The Balaban J connectivity index is 3.17. The first kappa shape index (κ1) is 15.0. The molecule has 0 N–H and O–H groups in total. The molecule has 1 rings (SSSR count). The first-order valence-electron chi connectivity index (χ1n) is 4.99. The maximum Gasteiger partial charge on any atom is 0.380 e. The first-order chi connectivity index (χ1) is 8.33. The Labute approximate surface area is 110 Å². The Morgan fingerprint density at radius 3 is 2.22 bits per heavy atom. The molecule has 0 spiro atoms. The summed E-state index contributed by atoms with van der Waals surface area (Å²) < 4.78 is 15.5. The van der Waals surface area contributed by atoms with E-state index in [0.717, 1.165) is 0 Å². The van der Waals surface area contributed by atoms with Gasteiger partial charge in [0.25, 0.3) is 5.69 Å². The average molecular weight is 291 g/mol. The van der Waals surface area contributed by atoms with Crippen LogP contribution >= 0.6 is 6.72 Å². The van der Waals surface area contributed by atoms with Crippen molar-refractivity contribution in [1.82, 2.24) is 0 Å². The van der Waals surface area contributed by atoms with E-state index < -0.39 is 11.6 Å². The highest BCUT2D eigenvalue weighted by Crippen LogP contribution is 2.49. The molecule has 0 unspecified atom stereocenters. The molecule has 1 aromatic carbocycles. The van der Waals surface area contributed by atoms with Gasteiger partial charge in [-0.2, -0.15) is 0 Å². The smallest absolute Gasteiger partial charge is 0.380 e. The summed E-state index contributed by atoms with van der Waals surface area (Å²) in [7, 11) is 2.80. The molecule has 0 bridgehead atoms. The molecule has 0 radical (unpaired) electrons. The predicted molar refractivity (Wildman–Crippen MR) is 71.5 cm³/mol. The highest BCUT2D eigenvalue weighted by atomic mass is 32.5. The number of benzene rings is 1. The van der Waals surface area contributed by atoms with Crippen molar-refractivity contribution in [3.63, 3.8) is 0 Å². The molecule has 0 aliphatic heterocycles. The van der Waals surface area contributed by atoms with Gasteiger partial charge in [-0.1, -0.05) is 0 Å². The lowest BCUT2D eigenvalue weighted by Crippen LogP contribution is -2.00. The number of nitro groups is 1. The van der Waals surface area contributed by atoms with Crippen molar-refractivity contribution in [2.24, 2.45) is 0 Å². The quantitative estimate of drug-likeness (QED) is 0.471. The zero-order chi connectivity index (χ0) is 13.9. The fraction of sp³-hybridized carbons (Fsp3) is 0.400. The van der Waals surface area contributed by atoms with Gasteiger partial charge < -0.3 is 13.6 Å². The van der Waals surface area contributed by atoms with Gasteiger partial charge in [0, 0.05) is 37.7 Å². The minimum Gasteiger partial charge on any atom is -0.424 e. The van der Waals surface area contributed by atoms with E-state index in [9.17, 15) is 10.1 Å². The van der Waals surface area contributed by atoms with Gasteiger partial charge in [-0.15, -0.1) is 0 Å². The summed E-state index contributed by atoms with van der Waals surface area (Å²) in [5.74, 6) is 0.435. The summed E-state index contributed by atoms with van der Waals surface area (Å²) in [4.78, 5) is 10.3. The fourth-order valence-electron chi connectivity index (χ4n) is 1.34. The zero-order valence-electron chi connectivity index (χ0n) is 10.5.